The van der Waals surface area contributed by atoms with Crippen LogP contribution in [0.2, 0.25) is 0 Å². The molecule has 2 atom stereocenters. The van der Waals surface area contributed by atoms with Gasteiger partial charge in [0.15, 0.2) is 11.6 Å². The van der Waals surface area contributed by atoms with Gasteiger partial charge in [-0.2, -0.15) is 0 Å². The van der Waals surface area contributed by atoms with Crippen LogP contribution in [0.3, 0.4) is 0 Å². The van der Waals surface area contributed by atoms with Gasteiger partial charge in [0.25, 0.3) is 15.9 Å². The van der Waals surface area contributed by atoms with Gasteiger partial charge in [0.05, 0.1) is 4.90 Å². The molecule has 1 heterocycles. The van der Waals surface area contributed by atoms with Crippen molar-refractivity contribution in [3.05, 3.63) is 59.7 Å². The highest BCUT2D eigenvalue weighted by Crippen LogP contribution is 2.23. The Morgan fingerprint density at radius 3 is 2.18 bits per heavy atom. The van der Waals surface area contributed by atoms with E-state index in [1.54, 1.807) is 12.1 Å². The summed E-state index contributed by atoms with van der Waals surface area (Å²) in [5.74, 6) is -1.57. The number of rotatable bonds is 4. The summed E-state index contributed by atoms with van der Waals surface area (Å²) in [4.78, 5) is 14.1. The summed E-state index contributed by atoms with van der Waals surface area (Å²) in [6.45, 7) is 5.64. The van der Waals surface area contributed by atoms with Gasteiger partial charge in [-0.25, -0.2) is 17.2 Å². The van der Waals surface area contributed by atoms with E-state index in [9.17, 15) is 22.0 Å². The average molecular weight is 408 g/mol. The molecule has 28 heavy (non-hydrogen) atoms. The summed E-state index contributed by atoms with van der Waals surface area (Å²) in [7, 11) is -4.07. The molecule has 1 N–H and O–H groups in total. The molecule has 1 amide bonds. The van der Waals surface area contributed by atoms with Gasteiger partial charge in [0.1, 0.15) is 0 Å². The monoisotopic (exact) mass is 408 g/mol. The number of sulfonamides is 1. The number of hydrogen-bond acceptors (Lipinski definition) is 3. The fourth-order valence-electron chi connectivity index (χ4n) is 3.55. The first-order valence-corrected chi connectivity index (χ1v) is 10.5. The SMILES string of the molecule is CC1CC(C)CN(C(=O)c2ccc(NS(=O)(=O)c3ccc(F)c(F)c3)cc2)C1. The van der Waals surface area contributed by atoms with Crippen LogP contribution in [-0.2, 0) is 10.0 Å². The van der Waals surface area contributed by atoms with Gasteiger partial charge in [0.2, 0.25) is 0 Å². The van der Waals surface area contributed by atoms with Crippen molar-refractivity contribution >= 4 is 21.6 Å². The summed E-state index contributed by atoms with van der Waals surface area (Å²) >= 11 is 0. The topological polar surface area (TPSA) is 66.5 Å². The third-order valence-electron chi connectivity index (χ3n) is 4.74. The number of carbonyl (C=O) groups is 1. The Morgan fingerprint density at radius 1 is 1.00 bits per heavy atom. The Balaban J connectivity index is 1.73. The lowest BCUT2D eigenvalue weighted by Crippen LogP contribution is -2.42. The number of anilines is 1. The van der Waals surface area contributed by atoms with Crippen LogP contribution in [0.5, 0.6) is 0 Å². The van der Waals surface area contributed by atoms with Crippen molar-refractivity contribution in [1.29, 1.82) is 0 Å². The number of nitrogens with one attached hydrogen (secondary N) is 1. The van der Waals surface area contributed by atoms with E-state index in [-0.39, 0.29) is 16.5 Å². The number of likely N-dealkylation sites (tertiary alicyclic amines) is 1. The van der Waals surface area contributed by atoms with E-state index in [1.165, 1.54) is 12.1 Å². The smallest absolute Gasteiger partial charge is 0.261 e. The van der Waals surface area contributed by atoms with E-state index in [1.807, 2.05) is 4.90 Å². The van der Waals surface area contributed by atoms with Crippen molar-refractivity contribution in [2.45, 2.75) is 25.2 Å². The maximum absolute atomic E-state index is 13.3. The fourth-order valence-corrected chi connectivity index (χ4v) is 4.62. The number of amides is 1. The third-order valence-corrected chi connectivity index (χ3v) is 6.12. The molecule has 1 fully saturated rings. The van der Waals surface area contributed by atoms with E-state index in [0.717, 1.165) is 18.6 Å². The van der Waals surface area contributed by atoms with Crippen LogP contribution in [0, 0.1) is 23.5 Å². The Kier molecular flexibility index (Phi) is 5.69. The van der Waals surface area contributed by atoms with Crippen molar-refractivity contribution < 1.29 is 22.0 Å². The summed E-state index contributed by atoms with van der Waals surface area (Å²) in [5, 5.41) is 0. The molecule has 150 valence electrons. The quantitative estimate of drug-likeness (QED) is 0.835. The standard InChI is InChI=1S/C20H22F2N2O3S/c1-13-9-14(2)12-24(11-13)20(25)15-3-5-16(6-4-15)23-28(26,27)17-7-8-18(21)19(22)10-17/h3-8,10,13-14,23H,9,11-12H2,1-2H3. The van der Waals surface area contributed by atoms with Crippen LogP contribution >= 0.6 is 0 Å². The molecule has 2 unspecified atom stereocenters. The van der Waals surface area contributed by atoms with Gasteiger partial charge >= 0.3 is 0 Å². The second-order valence-corrected chi connectivity index (χ2v) is 9.10. The predicted molar refractivity (Wildman–Crippen MR) is 102 cm³/mol. The molecular weight excluding hydrogens is 386 g/mol. The molecule has 2 aromatic rings. The molecule has 0 aromatic heterocycles. The second kappa shape index (κ2) is 7.87. The summed E-state index contributed by atoms with van der Waals surface area (Å²) < 4.78 is 53.3. The average Bonchev–Trinajstić information content (AvgIpc) is 2.63. The predicted octanol–water partition coefficient (Wildman–Crippen LogP) is 3.88. The number of nitrogens with zero attached hydrogens (tertiary/aromatic N) is 1. The normalized spacial score (nSPS) is 20.1. The van der Waals surface area contributed by atoms with Gasteiger partial charge in [-0.15, -0.1) is 0 Å². The number of carbonyl (C=O) groups excluding carboxylic acids is 1. The molecule has 0 spiro atoms. The van der Waals surface area contributed by atoms with Crippen LogP contribution in [0.1, 0.15) is 30.6 Å². The minimum Gasteiger partial charge on any atom is -0.338 e. The number of piperidine rings is 1. The first-order valence-electron chi connectivity index (χ1n) is 9.03. The molecule has 0 aliphatic carbocycles. The lowest BCUT2D eigenvalue weighted by Gasteiger charge is -2.35. The minimum absolute atomic E-state index is 0.0894. The van der Waals surface area contributed by atoms with Crippen molar-refractivity contribution in [3.8, 4) is 0 Å². The van der Waals surface area contributed by atoms with Gasteiger partial charge in [0, 0.05) is 24.3 Å². The lowest BCUT2D eigenvalue weighted by atomic mass is 9.91. The molecule has 0 saturated carbocycles. The Bertz CT molecular complexity index is 967. The number of benzene rings is 2. The minimum atomic E-state index is -4.07. The van der Waals surface area contributed by atoms with Crippen molar-refractivity contribution in [2.75, 3.05) is 17.8 Å². The largest absolute Gasteiger partial charge is 0.338 e. The van der Waals surface area contributed by atoms with Crippen molar-refractivity contribution in [3.63, 3.8) is 0 Å². The molecule has 0 bridgehead atoms. The van der Waals surface area contributed by atoms with Crippen LogP contribution in [-0.4, -0.2) is 32.3 Å². The zero-order valence-electron chi connectivity index (χ0n) is 15.7. The Labute approximate surface area is 163 Å². The van der Waals surface area contributed by atoms with Gasteiger partial charge < -0.3 is 4.90 Å². The second-order valence-electron chi connectivity index (χ2n) is 7.41. The van der Waals surface area contributed by atoms with E-state index in [2.05, 4.69) is 18.6 Å². The van der Waals surface area contributed by atoms with Gasteiger partial charge in [-0.3, -0.25) is 9.52 Å². The highest BCUT2D eigenvalue weighted by molar-refractivity contribution is 7.92. The van der Waals surface area contributed by atoms with Gasteiger partial charge in [-0.1, -0.05) is 13.8 Å². The summed E-state index contributed by atoms with van der Waals surface area (Å²) in [5.41, 5.74) is 0.693. The van der Waals surface area contributed by atoms with Gasteiger partial charge in [-0.05, 0) is 60.7 Å². The molecule has 3 rings (SSSR count). The fraction of sp³-hybridized carbons (Fsp3) is 0.350. The summed E-state index contributed by atoms with van der Waals surface area (Å²) in [6, 6.07) is 8.41. The maximum Gasteiger partial charge on any atom is 0.261 e. The van der Waals surface area contributed by atoms with Crippen molar-refractivity contribution in [1.82, 2.24) is 4.90 Å². The first kappa shape index (κ1) is 20.3. The highest BCUT2D eigenvalue weighted by atomic mass is 32.2. The van der Waals surface area contributed by atoms with E-state index in [4.69, 9.17) is 0 Å². The zero-order chi connectivity index (χ0) is 20.5. The highest BCUT2D eigenvalue weighted by Gasteiger charge is 2.26. The lowest BCUT2D eigenvalue weighted by molar-refractivity contribution is 0.0623. The number of hydrogen-bond donors (Lipinski definition) is 1. The molecule has 0 radical (unpaired) electrons. The zero-order valence-corrected chi connectivity index (χ0v) is 16.5. The van der Waals surface area contributed by atoms with Crippen LogP contribution in [0.15, 0.2) is 47.4 Å². The molecule has 1 saturated heterocycles. The molecule has 8 heteroatoms. The van der Waals surface area contributed by atoms with E-state index >= 15 is 0 Å². The molecule has 5 nitrogen and oxygen atoms in total. The van der Waals surface area contributed by atoms with E-state index < -0.39 is 21.7 Å². The van der Waals surface area contributed by atoms with Crippen LogP contribution in [0.25, 0.3) is 0 Å². The van der Waals surface area contributed by atoms with E-state index in [0.29, 0.717) is 36.6 Å². The first-order chi connectivity index (χ1) is 13.2. The molecule has 1 aliphatic rings. The maximum atomic E-state index is 13.3. The molecule has 1 aliphatic heterocycles. The molecule has 2 aromatic carbocycles. The Morgan fingerprint density at radius 2 is 1.61 bits per heavy atom. The van der Waals surface area contributed by atoms with Crippen molar-refractivity contribution in [2.24, 2.45) is 11.8 Å². The summed E-state index contributed by atoms with van der Waals surface area (Å²) in [6.07, 6.45) is 1.09. The molecular formula is C20H22F2N2O3S. The Hall–Kier alpha value is -2.48. The van der Waals surface area contributed by atoms with Crippen LogP contribution in [0.4, 0.5) is 14.5 Å². The van der Waals surface area contributed by atoms with Crippen LogP contribution < -0.4 is 4.72 Å². The third kappa shape index (κ3) is 4.49. The number of halogens is 2.